The third kappa shape index (κ3) is 4.10. The Morgan fingerprint density at radius 1 is 1.08 bits per heavy atom. The normalized spacial score (nSPS) is 16.8. The summed E-state index contributed by atoms with van der Waals surface area (Å²) in [5.74, 6) is 0.229. The van der Waals surface area contributed by atoms with Crippen LogP contribution in [0.25, 0.3) is 22.2 Å². The molecule has 2 aliphatic rings. The van der Waals surface area contributed by atoms with Crippen molar-refractivity contribution >= 4 is 51.4 Å². The molecule has 1 fully saturated rings. The highest BCUT2D eigenvalue weighted by atomic mass is 127. The van der Waals surface area contributed by atoms with Crippen LogP contribution in [0.2, 0.25) is 0 Å². The van der Waals surface area contributed by atoms with Gasteiger partial charge in [0.15, 0.2) is 11.8 Å². The van der Waals surface area contributed by atoms with E-state index >= 15 is 0 Å². The second-order valence-corrected chi connectivity index (χ2v) is 11.5. The summed E-state index contributed by atoms with van der Waals surface area (Å²) in [5.41, 5.74) is 9.57. The van der Waals surface area contributed by atoms with E-state index in [1.54, 1.807) is 25.8 Å². The van der Waals surface area contributed by atoms with Crippen molar-refractivity contribution in [2.75, 3.05) is 25.9 Å². The molecule has 6 rings (SSSR count). The van der Waals surface area contributed by atoms with E-state index < -0.39 is 17.7 Å². The number of likely N-dealkylation sites (tertiary alicyclic amines) is 1. The summed E-state index contributed by atoms with van der Waals surface area (Å²) in [5, 5.41) is 5.37. The average Bonchev–Trinajstić information content (AvgIpc) is 3.63. The number of amides is 2. The minimum Gasteiger partial charge on any atom is -0.436 e. The molecular weight excluding hydrogens is 609 g/mol. The molecule has 0 spiro atoms. The van der Waals surface area contributed by atoms with Gasteiger partial charge in [0, 0.05) is 31.3 Å². The van der Waals surface area contributed by atoms with Gasteiger partial charge < -0.3 is 15.4 Å². The molecule has 0 saturated carbocycles. The average molecular weight is 637 g/mol. The fourth-order valence-corrected chi connectivity index (χ4v) is 6.26. The van der Waals surface area contributed by atoms with Crippen molar-refractivity contribution in [2.45, 2.75) is 38.0 Å². The van der Waals surface area contributed by atoms with Crippen LogP contribution in [0.4, 0.5) is 10.6 Å². The van der Waals surface area contributed by atoms with Gasteiger partial charge in [-0.3, -0.25) is 9.69 Å². The number of rotatable bonds is 4. The number of carbonyl (C=O) groups is 2. The van der Waals surface area contributed by atoms with Crippen LogP contribution in [0.1, 0.15) is 43.5 Å². The zero-order valence-corrected chi connectivity index (χ0v) is 24.0. The van der Waals surface area contributed by atoms with Crippen molar-refractivity contribution in [2.24, 2.45) is 0 Å². The van der Waals surface area contributed by atoms with Crippen LogP contribution in [0.15, 0.2) is 54.9 Å². The molecule has 2 aromatic heterocycles. The van der Waals surface area contributed by atoms with Crippen LogP contribution in [0.3, 0.4) is 0 Å². The second kappa shape index (κ2) is 9.47. The predicted molar refractivity (Wildman–Crippen MR) is 155 cm³/mol. The lowest BCUT2D eigenvalue weighted by Gasteiger charge is -2.37. The number of likely N-dealkylation sites (N-methyl/N-ethyl adjacent to an activating group) is 1. The number of nitrogens with zero attached hydrogens (tertiary/aromatic N) is 6. The van der Waals surface area contributed by atoms with Crippen LogP contribution in [-0.4, -0.2) is 67.2 Å². The molecule has 0 radical (unpaired) electrons. The molecule has 4 aromatic rings. The Morgan fingerprint density at radius 2 is 1.72 bits per heavy atom. The summed E-state index contributed by atoms with van der Waals surface area (Å²) in [6.45, 7) is 4.49. The first-order valence-electron chi connectivity index (χ1n) is 12.7. The van der Waals surface area contributed by atoms with Gasteiger partial charge in [-0.1, -0.05) is 48.5 Å². The first kappa shape index (κ1) is 25.5. The summed E-state index contributed by atoms with van der Waals surface area (Å²) in [6.07, 6.45) is 1.05. The van der Waals surface area contributed by atoms with Gasteiger partial charge in [-0.15, -0.1) is 0 Å². The van der Waals surface area contributed by atoms with Gasteiger partial charge in [-0.25, -0.2) is 19.4 Å². The van der Waals surface area contributed by atoms with Gasteiger partial charge in [-0.2, -0.15) is 5.10 Å². The Bertz CT molecular complexity index is 1570. The number of nitrogen functional groups attached to an aromatic ring is 1. The van der Waals surface area contributed by atoms with Crippen molar-refractivity contribution < 1.29 is 14.3 Å². The van der Waals surface area contributed by atoms with Crippen LogP contribution >= 0.6 is 22.6 Å². The van der Waals surface area contributed by atoms with Crippen molar-refractivity contribution in [3.8, 4) is 11.1 Å². The molecule has 2 amide bonds. The third-order valence-corrected chi connectivity index (χ3v) is 8.66. The molecule has 1 aliphatic carbocycles. The van der Waals surface area contributed by atoms with Crippen LogP contribution < -0.4 is 5.73 Å². The molecule has 1 unspecified atom stereocenters. The highest BCUT2D eigenvalue weighted by molar-refractivity contribution is 14.1. The summed E-state index contributed by atoms with van der Waals surface area (Å²) in [6, 6.07) is 15.8. The smallest absolute Gasteiger partial charge is 0.411 e. The summed E-state index contributed by atoms with van der Waals surface area (Å²) < 4.78 is 8.61. The highest BCUT2D eigenvalue weighted by Gasteiger charge is 2.43. The number of halogens is 1. The van der Waals surface area contributed by atoms with Gasteiger partial charge in [0.1, 0.15) is 21.4 Å². The van der Waals surface area contributed by atoms with E-state index in [1.165, 1.54) is 11.2 Å². The Kier molecular flexibility index (Phi) is 6.20. The fourth-order valence-electron chi connectivity index (χ4n) is 5.51. The van der Waals surface area contributed by atoms with E-state index in [4.69, 9.17) is 10.5 Å². The monoisotopic (exact) mass is 637 g/mol. The summed E-state index contributed by atoms with van der Waals surface area (Å²) in [7, 11) is 1.61. The van der Waals surface area contributed by atoms with Crippen LogP contribution in [0.5, 0.6) is 0 Å². The van der Waals surface area contributed by atoms with E-state index in [9.17, 15) is 9.59 Å². The number of hydrogen-bond acceptors (Lipinski definition) is 7. The van der Waals surface area contributed by atoms with E-state index in [0.717, 1.165) is 31.3 Å². The number of carbonyl (C=O) groups excluding carboxylic acids is 2. The quantitative estimate of drug-likeness (QED) is 0.330. The predicted octanol–water partition coefficient (Wildman–Crippen LogP) is 4.40. The number of fused-ring (bicyclic) bond motifs is 4. The lowest BCUT2D eigenvalue weighted by molar-refractivity contribution is -0.140. The van der Waals surface area contributed by atoms with Crippen molar-refractivity contribution in [3.63, 3.8) is 0 Å². The molecule has 1 aliphatic heterocycles. The van der Waals surface area contributed by atoms with Crippen LogP contribution in [-0.2, 0) is 9.53 Å². The first-order chi connectivity index (χ1) is 18.7. The molecular formula is C28H28IN7O3. The number of hydrogen-bond donors (Lipinski definition) is 1. The molecule has 10 nitrogen and oxygen atoms in total. The molecule has 1 saturated heterocycles. The first-order valence-corrected chi connectivity index (χ1v) is 13.8. The zero-order chi connectivity index (χ0) is 27.5. The van der Waals surface area contributed by atoms with Gasteiger partial charge >= 0.3 is 6.09 Å². The minimum absolute atomic E-state index is 0.0613. The number of anilines is 1. The second-order valence-electron chi connectivity index (χ2n) is 10.4. The maximum absolute atomic E-state index is 13.7. The zero-order valence-electron chi connectivity index (χ0n) is 21.8. The Balaban J connectivity index is 1.19. The van der Waals surface area contributed by atoms with Gasteiger partial charge in [0.05, 0.1) is 11.4 Å². The Labute approximate surface area is 239 Å². The lowest BCUT2D eigenvalue weighted by Crippen LogP contribution is -2.56. The molecule has 2 aromatic carbocycles. The number of benzene rings is 2. The Hall–Kier alpha value is -3.74. The number of ether oxygens (including phenoxy) is 1. The highest BCUT2D eigenvalue weighted by Crippen LogP contribution is 2.45. The number of nitrogens with two attached hydrogens (primary N) is 1. The Morgan fingerprint density at radius 3 is 2.38 bits per heavy atom. The maximum atomic E-state index is 13.7. The van der Waals surface area contributed by atoms with E-state index in [-0.39, 0.29) is 11.9 Å². The minimum atomic E-state index is -1.13. The molecule has 0 bridgehead atoms. The lowest BCUT2D eigenvalue weighted by atomic mass is 10.0. The topological polar surface area (TPSA) is 119 Å². The third-order valence-electron chi connectivity index (χ3n) is 7.90. The van der Waals surface area contributed by atoms with Crippen molar-refractivity contribution in [3.05, 3.63) is 69.7 Å². The van der Waals surface area contributed by atoms with E-state index in [1.807, 2.05) is 53.2 Å². The molecule has 11 heteroatoms. The van der Waals surface area contributed by atoms with Crippen LogP contribution in [0, 0.1) is 3.70 Å². The molecule has 2 N–H and O–H groups in total. The molecule has 1 atom stereocenters. The fraction of sp³-hybridized carbons (Fsp3) is 0.321. The van der Waals surface area contributed by atoms with Gasteiger partial charge in [0.2, 0.25) is 5.91 Å². The van der Waals surface area contributed by atoms with E-state index in [0.29, 0.717) is 31.0 Å². The van der Waals surface area contributed by atoms with Crippen molar-refractivity contribution in [1.82, 2.24) is 29.5 Å². The van der Waals surface area contributed by atoms with E-state index in [2.05, 4.69) is 37.7 Å². The maximum Gasteiger partial charge on any atom is 0.411 e. The van der Waals surface area contributed by atoms with Crippen molar-refractivity contribution in [1.29, 1.82) is 0 Å². The standard InChI is InChI=1S/C28H28IN7O3/c1-28(2,26(37)35-13-12-16(14-35)36-25-21(23(29)33-36)24(30)31-15-32-25)34(3)27(38)39-22-19-10-6-4-8-17(19)18-9-5-7-11-20(18)22/h4-11,15-16,22H,12-14H2,1-3H3,(H2,30,31,32). The number of aromatic nitrogens is 4. The SMILES string of the molecule is CN(C(=O)OC1c2ccccc2-c2ccccc21)C(C)(C)C(=O)N1CCC(n2nc(I)c3c(N)ncnc32)C1. The summed E-state index contributed by atoms with van der Waals surface area (Å²) in [4.78, 5) is 38.8. The molecule has 200 valence electrons. The summed E-state index contributed by atoms with van der Waals surface area (Å²) >= 11 is 2.13. The molecule has 39 heavy (non-hydrogen) atoms. The van der Waals surface area contributed by atoms with Gasteiger partial charge in [0.25, 0.3) is 0 Å². The molecule has 3 heterocycles. The largest absolute Gasteiger partial charge is 0.436 e. The van der Waals surface area contributed by atoms with Gasteiger partial charge in [-0.05, 0) is 54.0 Å².